The molecule has 50 heavy (non-hydrogen) atoms. The largest absolute Gasteiger partial charge is 0.508 e. The van der Waals surface area contributed by atoms with E-state index in [0.29, 0.717) is 23.8 Å². The lowest BCUT2D eigenvalue weighted by atomic mass is 9.65. The molecule has 0 amide bonds. The Morgan fingerprint density at radius 3 is 2.20 bits per heavy atom. The van der Waals surface area contributed by atoms with Gasteiger partial charge in [-0.15, -0.1) is 0 Å². The number of ketones is 3. The molecule has 0 aromatic heterocycles. The normalized spacial score (nSPS) is 18.6. The van der Waals surface area contributed by atoms with Crippen molar-refractivity contribution in [3.05, 3.63) is 110 Å². The maximum Gasteiger partial charge on any atom is 0.201 e. The second-order valence-electron chi connectivity index (χ2n) is 14.1. The zero-order valence-corrected chi connectivity index (χ0v) is 28.6. The summed E-state index contributed by atoms with van der Waals surface area (Å²) in [6.45, 7) is 9.24. The van der Waals surface area contributed by atoms with Gasteiger partial charge in [0.25, 0.3) is 0 Å². The van der Waals surface area contributed by atoms with Crippen LogP contribution in [0.1, 0.15) is 124 Å². The van der Waals surface area contributed by atoms with Crippen LogP contribution >= 0.6 is 0 Å². The van der Waals surface area contributed by atoms with Crippen molar-refractivity contribution in [1.29, 1.82) is 0 Å². The van der Waals surface area contributed by atoms with E-state index in [1.165, 1.54) is 24.1 Å². The lowest BCUT2D eigenvalue weighted by Gasteiger charge is -2.40. The number of aliphatic hydroxyl groups is 1. The molecule has 4 aromatic carbocycles. The third-order valence-electron chi connectivity index (χ3n) is 9.90. The van der Waals surface area contributed by atoms with Gasteiger partial charge in [-0.3, -0.25) is 14.4 Å². The molecule has 0 spiro atoms. The van der Waals surface area contributed by atoms with E-state index < -0.39 is 58.3 Å². The molecule has 4 aromatic rings. The Balaban J connectivity index is 1.52. The number of allylic oxidation sites excluding steroid dienone is 4. The number of hydrogen-bond donors (Lipinski definition) is 6. The van der Waals surface area contributed by atoms with E-state index in [1.807, 2.05) is 6.07 Å². The van der Waals surface area contributed by atoms with Crippen LogP contribution in [-0.2, 0) is 6.42 Å². The second-order valence-corrected chi connectivity index (χ2v) is 14.1. The van der Waals surface area contributed by atoms with E-state index in [0.717, 1.165) is 30.5 Å². The highest BCUT2D eigenvalue weighted by molar-refractivity contribution is 6.31. The van der Waals surface area contributed by atoms with Gasteiger partial charge in [-0.05, 0) is 112 Å². The first-order valence-electron chi connectivity index (χ1n) is 16.6. The summed E-state index contributed by atoms with van der Waals surface area (Å²) in [5, 5.41) is 66.9. The molecule has 2 atom stereocenters. The van der Waals surface area contributed by atoms with Crippen molar-refractivity contribution in [2.24, 2.45) is 0 Å². The van der Waals surface area contributed by atoms with Gasteiger partial charge in [-0.2, -0.15) is 0 Å². The van der Waals surface area contributed by atoms with Gasteiger partial charge in [-0.25, -0.2) is 0 Å². The molecule has 0 fully saturated rings. The fourth-order valence-corrected chi connectivity index (χ4v) is 7.68. The first-order chi connectivity index (χ1) is 23.5. The maximum absolute atomic E-state index is 14.2. The van der Waals surface area contributed by atoms with Crippen LogP contribution in [0.5, 0.6) is 28.7 Å². The van der Waals surface area contributed by atoms with E-state index in [9.17, 15) is 45.0 Å². The molecule has 2 aliphatic carbocycles. The number of benzene rings is 4. The van der Waals surface area contributed by atoms with Crippen molar-refractivity contribution in [2.75, 3.05) is 0 Å². The molecule has 0 saturated carbocycles. The first-order valence-corrected chi connectivity index (χ1v) is 16.6. The monoisotopic (exact) mass is 676 g/mol. The van der Waals surface area contributed by atoms with Crippen LogP contribution in [0, 0.1) is 6.92 Å². The summed E-state index contributed by atoms with van der Waals surface area (Å²) in [4.78, 5) is 41.6. The Labute approximate surface area is 289 Å². The van der Waals surface area contributed by atoms with Crippen LogP contribution in [0.25, 0.3) is 10.8 Å². The predicted molar refractivity (Wildman–Crippen MR) is 189 cm³/mol. The molecule has 9 nitrogen and oxygen atoms in total. The molecule has 0 aliphatic heterocycles. The number of Topliss-reactive ketones (excluding diaryl/α,β-unsaturated/α-hetero) is 1. The van der Waals surface area contributed by atoms with Crippen LogP contribution in [0.2, 0.25) is 0 Å². The summed E-state index contributed by atoms with van der Waals surface area (Å²) in [5.41, 5.74) is 0.716. The summed E-state index contributed by atoms with van der Waals surface area (Å²) in [6.07, 6.45) is 7.07. The SMILES string of the molecule is CC(C)=CCCC(C)=CCCc1cc(O)c2c(O)c3c(cc2c1)C(c1c(C)cc(O)c2c1C(=O)c1cc(O)cc(O)c1C2=O)C(C)(O)CC3=O. The average molecular weight is 677 g/mol. The second kappa shape index (κ2) is 12.5. The standard InChI is InChI=1S/C41H40O9/c1-19(2)8-6-9-20(3)10-7-11-22-13-23-15-25-33(39(48)32(23)28(44)14-22)30(46)18-41(5,50)37(25)31-21(4)12-27(43)35-36(31)38(47)26-16-24(42)17-29(45)34(26)40(35)49/h8,10,12-17,37,42-45,48,50H,6-7,9,11,18H2,1-5H3. The number of phenolic OH excluding ortho intramolecular Hbond substituents is 5. The summed E-state index contributed by atoms with van der Waals surface area (Å²) in [7, 11) is 0. The van der Waals surface area contributed by atoms with Gasteiger partial charge in [0.2, 0.25) is 5.78 Å². The Kier molecular flexibility index (Phi) is 8.60. The number of carbonyl (C=O) groups is 3. The Morgan fingerprint density at radius 2 is 1.50 bits per heavy atom. The smallest absolute Gasteiger partial charge is 0.201 e. The topological polar surface area (TPSA) is 173 Å². The number of aromatic hydroxyl groups is 5. The third kappa shape index (κ3) is 5.71. The average Bonchev–Trinajstić information content (AvgIpc) is 2.99. The van der Waals surface area contributed by atoms with Crippen LogP contribution in [0.4, 0.5) is 0 Å². The summed E-state index contributed by atoms with van der Waals surface area (Å²) < 4.78 is 0. The molecular weight excluding hydrogens is 636 g/mol. The van der Waals surface area contributed by atoms with E-state index in [1.54, 1.807) is 19.1 Å². The van der Waals surface area contributed by atoms with Crippen molar-refractivity contribution in [3.8, 4) is 28.7 Å². The Morgan fingerprint density at radius 1 is 0.800 bits per heavy atom. The lowest BCUT2D eigenvalue weighted by Crippen LogP contribution is -2.42. The van der Waals surface area contributed by atoms with E-state index in [-0.39, 0.29) is 50.1 Å². The Hall–Kier alpha value is -5.41. The highest BCUT2D eigenvalue weighted by Crippen LogP contribution is 2.53. The minimum Gasteiger partial charge on any atom is -0.508 e. The number of carbonyl (C=O) groups excluding carboxylic acids is 3. The molecule has 6 rings (SSSR count). The fourth-order valence-electron chi connectivity index (χ4n) is 7.68. The molecule has 258 valence electrons. The van der Waals surface area contributed by atoms with Crippen molar-refractivity contribution in [1.82, 2.24) is 0 Å². The number of phenols is 5. The number of rotatable bonds is 7. The highest BCUT2D eigenvalue weighted by Gasteiger charge is 2.48. The Bertz CT molecular complexity index is 2210. The zero-order chi connectivity index (χ0) is 36.4. The number of hydrogen-bond acceptors (Lipinski definition) is 9. The summed E-state index contributed by atoms with van der Waals surface area (Å²) in [6, 6.07) is 8.26. The molecule has 9 heteroatoms. The highest BCUT2D eigenvalue weighted by atomic mass is 16.3. The third-order valence-corrected chi connectivity index (χ3v) is 9.90. The van der Waals surface area contributed by atoms with Crippen LogP contribution in [-0.4, -0.2) is 53.6 Å². The fraction of sp³-hybridized carbons (Fsp3) is 0.293. The van der Waals surface area contributed by atoms with E-state index in [4.69, 9.17) is 0 Å². The predicted octanol–water partition coefficient (Wildman–Crippen LogP) is 7.55. The van der Waals surface area contributed by atoms with Gasteiger partial charge in [-0.1, -0.05) is 29.4 Å². The van der Waals surface area contributed by atoms with Crippen LogP contribution < -0.4 is 0 Å². The van der Waals surface area contributed by atoms with Gasteiger partial charge in [0, 0.05) is 29.5 Å². The minimum atomic E-state index is -1.84. The maximum atomic E-state index is 14.2. The number of fused-ring (bicyclic) bond motifs is 4. The number of aryl methyl sites for hydroxylation is 2. The quantitative estimate of drug-likeness (QED) is 0.0952. The van der Waals surface area contributed by atoms with Crippen molar-refractivity contribution in [3.63, 3.8) is 0 Å². The van der Waals surface area contributed by atoms with E-state index in [2.05, 4.69) is 32.9 Å². The van der Waals surface area contributed by atoms with Crippen molar-refractivity contribution >= 4 is 28.1 Å². The van der Waals surface area contributed by atoms with Gasteiger partial charge in [0.1, 0.15) is 28.7 Å². The van der Waals surface area contributed by atoms with Crippen molar-refractivity contribution < 1.29 is 45.0 Å². The van der Waals surface area contributed by atoms with Crippen molar-refractivity contribution in [2.45, 2.75) is 78.2 Å². The van der Waals surface area contributed by atoms with Gasteiger partial charge in [0.05, 0.1) is 27.7 Å². The van der Waals surface area contributed by atoms with Crippen LogP contribution in [0.15, 0.2) is 59.7 Å². The summed E-state index contributed by atoms with van der Waals surface area (Å²) in [5.74, 6) is -5.64. The van der Waals surface area contributed by atoms with Gasteiger partial charge >= 0.3 is 0 Å². The molecular formula is C41H40O9. The molecule has 0 saturated heterocycles. The van der Waals surface area contributed by atoms with Crippen LogP contribution in [0.3, 0.4) is 0 Å². The zero-order valence-electron chi connectivity index (χ0n) is 28.6. The minimum absolute atomic E-state index is 0.0742. The van der Waals surface area contributed by atoms with Gasteiger partial charge in [0.15, 0.2) is 11.6 Å². The van der Waals surface area contributed by atoms with Gasteiger partial charge < -0.3 is 30.6 Å². The molecule has 0 heterocycles. The molecule has 6 N–H and O–H groups in total. The molecule has 0 bridgehead atoms. The van der Waals surface area contributed by atoms with E-state index >= 15 is 0 Å². The molecule has 2 aliphatic rings. The summed E-state index contributed by atoms with van der Waals surface area (Å²) >= 11 is 0. The first kappa shape index (κ1) is 34.5. The molecule has 2 unspecified atom stereocenters. The lowest BCUT2D eigenvalue weighted by molar-refractivity contribution is 0.0272. The molecule has 0 radical (unpaired) electrons.